The summed E-state index contributed by atoms with van der Waals surface area (Å²) < 4.78 is 27.7. The lowest BCUT2D eigenvalue weighted by Crippen LogP contribution is -2.01. The predicted molar refractivity (Wildman–Crippen MR) is 75.5 cm³/mol. The standard InChI is InChI=1S/C14H7BrF2N2O2/c15-12-8(6-18)2-4-11(13(12)17)19-10-3-1-7(14(20)21)5-9(10)16/h1-5,19H,(H,20,21). The van der Waals surface area contributed by atoms with Gasteiger partial charge in [0.2, 0.25) is 0 Å². The van der Waals surface area contributed by atoms with Crippen LogP contribution in [0.25, 0.3) is 0 Å². The molecule has 106 valence electrons. The maximum Gasteiger partial charge on any atom is 0.335 e. The zero-order chi connectivity index (χ0) is 15.6. The van der Waals surface area contributed by atoms with Crippen LogP contribution < -0.4 is 5.32 Å². The molecule has 2 rings (SSSR count). The normalized spacial score (nSPS) is 10.0. The molecule has 0 atom stereocenters. The number of carboxylic acid groups (broad SMARTS) is 1. The van der Waals surface area contributed by atoms with Crippen LogP contribution in [0.15, 0.2) is 34.8 Å². The van der Waals surface area contributed by atoms with Crippen LogP contribution in [0.3, 0.4) is 0 Å². The first-order chi connectivity index (χ1) is 9.93. The fourth-order valence-electron chi connectivity index (χ4n) is 1.63. The minimum atomic E-state index is -1.26. The van der Waals surface area contributed by atoms with Crippen LogP contribution in [-0.4, -0.2) is 11.1 Å². The van der Waals surface area contributed by atoms with E-state index in [-0.39, 0.29) is 27.0 Å². The lowest BCUT2D eigenvalue weighted by molar-refractivity contribution is 0.0696. The van der Waals surface area contributed by atoms with Crippen molar-refractivity contribution in [1.29, 1.82) is 5.26 Å². The average Bonchev–Trinajstić information content (AvgIpc) is 2.45. The molecule has 0 heterocycles. The Labute approximate surface area is 126 Å². The highest BCUT2D eigenvalue weighted by Crippen LogP contribution is 2.29. The minimum Gasteiger partial charge on any atom is -0.478 e. The Morgan fingerprint density at radius 2 is 1.90 bits per heavy atom. The van der Waals surface area contributed by atoms with Gasteiger partial charge in [0.25, 0.3) is 0 Å². The van der Waals surface area contributed by atoms with Gasteiger partial charge in [0, 0.05) is 0 Å². The Kier molecular flexibility index (Phi) is 4.19. The molecule has 0 spiro atoms. The lowest BCUT2D eigenvalue weighted by atomic mass is 10.1. The van der Waals surface area contributed by atoms with Gasteiger partial charge in [-0.05, 0) is 46.3 Å². The van der Waals surface area contributed by atoms with E-state index in [0.717, 1.165) is 6.07 Å². The van der Waals surface area contributed by atoms with Crippen LogP contribution in [0.5, 0.6) is 0 Å². The first kappa shape index (κ1) is 14.9. The van der Waals surface area contributed by atoms with E-state index in [2.05, 4.69) is 21.2 Å². The van der Waals surface area contributed by atoms with E-state index >= 15 is 0 Å². The van der Waals surface area contributed by atoms with Crippen molar-refractivity contribution in [3.63, 3.8) is 0 Å². The maximum absolute atomic E-state index is 14.0. The molecule has 4 nitrogen and oxygen atoms in total. The Hall–Kier alpha value is -2.46. The zero-order valence-electron chi connectivity index (χ0n) is 10.3. The number of aromatic carboxylic acids is 1. The van der Waals surface area contributed by atoms with Crippen LogP contribution >= 0.6 is 15.9 Å². The van der Waals surface area contributed by atoms with Gasteiger partial charge in [0.15, 0.2) is 5.82 Å². The van der Waals surface area contributed by atoms with Gasteiger partial charge in [0.05, 0.1) is 27.0 Å². The van der Waals surface area contributed by atoms with Gasteiger partial charge in [-0.1, -0.05) is 0 Å². The largest absolute Gasteiger partial charge is 0.478 e. The Bertz CT molecular complexity index is 772. The van der Waals surface area contributed by atoms with E-state index in [1.54, 1.807) is 6.07 Å². The van der Waals surface area contributed by atoms with E-state index in [4.69, 9.17) is 10.4 Å². The number of anilines is 2. The van der Waals surface area contributed by atoms with Crippen LogP contribution in [0.2, 0.25) is 0 Å². The van der Waals surface area contributed by atoms with Gasteiger partial charge in [-0.3, -0.25) is 0 Å². The predicted octanol–water partition coefficient (Wildman–Crippen LogP) is 4.04. The van der Waals surface area contributed by atoms with Gasteiger partial charge in [-0.2, -0.15) is 5.26 Å². The molecule has 7 heteroatoms. The fourth-order valence-corrected chi connectivity index (χ4v) is 2.06. The van der Waals surface area contributed by atoms with Crippen LogP contribution in [0.1, 0.15) is 15.9 Å². The molecule has 0 saturated carbocycles. The smallest absolute Gasteiger partial charge is 0.335 e. The SMILES string of the molecule is N#Cc1ccc(Nc2ccc(C(=O)O)cc2F)c(F)c1Br. The molecular formula is C14H7BrF2N2O2. The highest BCUT2D eigenvalue weighted by atomic mass is 79.9. The Morgan fingerprint density at radius 3 is 2.48 bits per heavy atom. The topological polar surface area (TPSA) is 73.1 Å². The molecular weight excluding hydrogens is 346 g/mol. The number of carboxylic acids is 1. The summed E-state index contributed by atoms with van der Waals surface area (Å²) >= 11 is 2.94. The molecule has 2 N–H and O–H groups in total. The van der Waals surface area contributed by atoms with Gasteiger partial charge in [0.1, 0.15) is 11.9 Å². The summed E-state index contributed by atoms with van der Waals surface area (Å²) in [6.45, 7) is 0. The highest BCUT2D eigenvalue weighted by molar-refractivity contribution is 9.10. The fraction of sp³-hybridized carbons (Fsp3) is 0. The second-order valence-corrected chi connectivity index (χ2v) is 4.82. The third kappa shape index (κ3) is 3.01. The summed E-state index contributed by atoms with van der Waals surface area (Å²) in [5, 5.41) is 20.0. The number of benzene rings is 2. The van der Waals surface area contributed by atoms with Crippen LogP contribution in [0, 0.1) is 23.0 Å². The second kappa shape index (κ2) is 5.89. The first-order valence-electron chi connectivity index (χ1n) is 5.62. The number of nitriles is 1. The number of carbonyl (C=O) groups is 1. The van der Waals surface area contributed by atoms with Gasteiger partial charge in [-0.25, -0.2) is 13.6 Å². The van der Waals surface area contributed by atoms with Crippen molar-refractivity contribution >= 4 is 33.3 Å². The summed E-state index contributed by atoms with van der Waals surface area (Å²) in [5.74, 6) is -2.82. The number of halogens is 3. The number of nitrogens with one attached hydrogen (secondary N) is 1. The Morgan fingerprint density at radius 1 is 1.24 bits per heavy atom. The molecule has 21 heavy (non-hydrogen) atoms. The van der Waals surface area contributed by atoms with Crippen molar-refractivity contribution in [1.82, 2.24) is 0 Å². The van der Waals surface area contributed by atoms with E-state index in [1.807, 2.05) is 0 Å². The quantitative estimate of drug-likeness (QED) is 0.874. The molecule has 2 aromatic carbocycles. The number of hydrogen-bond donors (Lipinski definition) is 2. The van der Waals surface area contributed by atoms with Crippen LogP contribution in [0.4, 0.5) is 20.2 Å². The zero-order valence-corrected chi connectivity index (χ0v) is 11.9. The number of rotatable bonds is 3. The van der Waals surface area contributed by atoms with Crippen molar-refractivity contribution in [2.75, 3.05) is 5.32 Å². The molecule has 0 aliphatic heterocycles. The van der Waals surface area contributed by atoms with Crippen molar-refractivity contribution in [3.8, 4) is 6.07 Å². The summed E-state index contributed by atoms with van der Waals surface area (Å²) in [6, 6.07) is 7.71. The molecule has 0 fully saturated rings. The number of hydrogen-bond acceptors (Lipinski definition) is 3. The molecule has 0 saturated heterocycles. The monoisotopic (exact) mass is 352 g/mol. The van der Waals surface area contributed by atoms with Gasteiger partial charge < -0.3 is 10.4 Å². The average molecular weight is 353 g/mol. The molecule has 0 radical (unpaired) electrons. The van der Waals surface area contributed by atoms with Crippen molar-refractivity contribution in [2.45, 2.75) is 0 Å². The van der Waals surface area contributed by atoms with E-state index < -0.39 is 17.6 Å². The van der Waals surface area contributed by atoms with Crippen LogP contribution in [-0.2, 0) is 0 Å². The van der Waals surface area contributed by atoms with E-state index in [1.165, 1.54) is 24.3 Å². The second-order valence-electron chi connectivity index (χ2n) is 4.03. The van der Waals surface area contributed by atoms with Crippen molar-refractivity contribution < 1.29 is 18.7 Å². The summed E-state index contributed by atoms with van der Waals surface area (Å²) in [6.07, 6.45) is 0. The molecule has 2 aromatic rings. The van der Waals surface area contributed by atoms with Gasteiger partial charge in [-0.15, -0.1) is 0 Å². The summed E-state index contributed by atoms with van der Waals surface area (Å²) in [5.41, 5.74) is -0.211. The third-order valence-electron chi connectivity index (χ3n) is 2.69. The summed E-state index contributed by atoms with van der Waals surface area (Å²) in [4.78, 5) is 10.7. The third-order valence-corrected chi connectivity index (χ3v) is 3.46. The maximum atomic E-state index is 14.0. The van der Waals surface area contributed by atoms with Crippen molar-refractivity contribution in [3.05, 3.63) is 57.6 Å². The molecule has 0 aliphatic carbocycles. The summed E-state index contributed by atoms with van der Waals surface area (Å²) in [7, 11) is 0. The molecule has 0 unspecified atom stereocenters. The van der Waals surface area contributed by atoms with Crippen molar-refractivity contribution in [2.24, 2.45) is 0 Å². The Balaban J connectivity index is 2.37. The lowest BCUT2D eigenvalue weighted by Gasteiger charge is -2.10. The first-order valence-corrected chi connectivity index (χ1v) is 6.41. The highest BCUT2D eigenvalue weighted by Gasteiger charge is 2.14. The minimum absolute atomic E-state index is 0.0300. The molecule has 0 amide bonds. The number of nitrogens with zero attached hydrogens (tertiary/aromatic N) is 1. The molecule has 0 aromatic heterocycles. The van der Waals surface area contributed by atoms with Gasteiger partial charge >= 0.3 is 5.97 Å². The molecule has 0 aliphatic rings. The van der Waals surface area contributed by atoms with E-state index in [0.29, 0.717) is 0 Å². The van der Waals surface area contributed by atoms with E-state index in [9.17, 15) is 13.6 Å². The molecule has 0 bridgehead atoms.